The van der Waals surface area contributed by atoms with Crippen LogP contribution in [0.1, 0.15) is 12.5 Å². The van der Waals surface area contributed by atoms with Crippen LogP contribution in [0.15, 0.2) is 47.9 Å². The summed E-state index contributed by atoms with van der Waals surface area (Å²) in [7, 11) is 1.57. The van der Waals surface area contributed by atoms with Gasteiger partial charge in [0.1, 0.15) is 0 Å². The molecule has 0 unspecified atom stereocenters. The van der Waals surface area contributed by atoms with Crippen molar-refractivity contribution in [3.8, 4) is 22.8 Å². The zero-order valence-corrected chi connectivity index (χ0v) is 19.5. The molecule has 4 aromatic rings. The highest BCUT2D eigenvalue weighted by Gasteiger charge is 2.15. The summed E-state index contributed by atoms with van der Waals surface area (Å²) in [6.07, 6.45) is 3.08. The standard InChI is InChI=1S/C22H18Cl2N4O3S/c1-3-31-18-8-4-13(10-19(18)30-2)5-9-20(29)25-21-26-22-28(27-21)17(12-32-22)15-7-6-14(23)11-16(15)24/h4-12H,3H2,1-2H3,(H,25,27,29)/b9-5+. The number of rotatable bonds is 7. The number of thiazole rings is 1. The molecular weight excluding hydrogens is 471 g/mol. The van der Waals surface area contributed by atoms with Crippen molar-refractivity contribution in [2.75, 3.05) is 19.0 Å². The van der Waals surface area contributed by atoms with Gasteiger partial charge in [-0.2, -0.15) is 4.98 Å². The summed E-state index contributed by atoms with van der Waals surface area (Å²) in [6, 6.07) is 10.7. The van der Waals surface area contributed by atoms with E-state index in [1.54, 1.807) is 42.0 Å². The lowest BCUT2D eigenvalue weighted by molar-refractivity contribution is -0.111. The van der Waals surface area contributed by atoms with Crippen LogP contribution in [0.5, 0.6) is 11.5 Å². The SMILES string of the molecule is CCOc1ccc(/C=C/C(=O)Nc2nc3scc(-c4ccc(Cl)cc4Cl)n3n2)cc1OC. The van der Waals surface area contributed by atoms with Crippen molar-refractivity contribution >= 4 is 57.4 Å². The van der Waals surface area contributed by atoms with Crippen LogP contribution < -0.4 is 14.8 Å². The van der Waals surface area contributed by atoms with Crippen molar-refractivity contribution in [3.63, 3.8) is 0 Å². The Kier molecular flexibility index (Phi) is 6.64. The fourth-order valence-corrected chi connectivity index (χ4v) is 4.33. The summed E-state index contributed by atoms with van der Waals surface area (Å²) in [6.45, 7) is 2.44. The van der Waals surface area contributed by atoms with Crippen LogP contribution in [0.3, 0.4) is 0 Å². The van der Waals surface area contributed by atoms with Crippen LogP contribution in [-0.2, 0) is 4.79 Å². The lowest BCUT2D eigenvalue weighted by Gasteiger charge is -2.09. The molecule has 4 rings (SSSR count). The van der Waals surface area contributed by atoms with Crippen molar-refractivity contribution in [2.24, 2.45) is 0 Å². The van der Waals surface area contributed by atoms with Gasteiger partial charge >= 0.3 is 0 Å². The number of carbonyl (C=O) groups excluding carboxylic acids is 1. The molecule has 0 radical (unpaired) electrons. The minimum Gasteiger partial charge on any atom is -0.493 e. The van der Waals surface area contributed by atoms with E-state index >= 15 is 0 Å². The highest BCUT2D eigenvalue weighted by molar-refractivity contribution is 7.15. The van der Waals surface area contributed by atoms with E-state index in [2.05, 4.69) is 15.4 Å². The Bertz CT molecular complexity index is 1320. The molecule has 0 aliphatic heterocycles. The number of hydrogen-bond donors (Lipinski definition) is 1. The minimum atomic E-state index is -0.359. The molecule has 0 aliphatic carbocycles. The average Bonchev–Trinajstić information content (AvgIpc) is 3.33. The number of nitrogens with one attached hydrogen (secondary N) is 1. The smallest absolute Gasteiger partial charge is 0.250 e. The molecule has 7 nitrogen and oxygen atoms in total. The van der Waals surface area contributed by atoms with Gasteiger partial charge in [-0.1, -0.05) is 29.3 Å². The van der Waals surface area contributed by atoms with E-state index in [4.69, 9.17) is 32.7 Å². The Morgan fingerprint density at radius 1 is 1.22 bits per heavy atom. The summed E-state index contributed by atoms with van der Waals surface area (Å²) in [5, 5.41) is 10.0. The second kappa shape index (κ2) is 9.60. The Morgan fingerprint density at radius 3 is 2.81 bits per heavy atom. The number of amides is 1. The number of nitrogens with zero attached hydrogens (tertiary/aromatic N) is 3. The first-order chi connectivity index (χ1) is 15.5. The number of halogens is 2. The topological polar surface area (TPSA) is 77.8 Å². The zero-order chi connectivity index (χ0) is 22.7. The fourth-order valence-electron chi connectivity index (χ4n) is 3.00. The highest BCUT2D eigenvalue weighted by atomic mass is 35.5. The predicted molar refractivity (Wildman–Crippen MR) is 128 cm³/mol. The molecule has 1 N–H and O–H groups in total. The van der Waals surface area contributed by atoms with Crippen LogP contribution in [0.4, 0.5) is 5.95 Å². The Hall–Kier alpha value is -3.07. The Morgan fingerprint density at radius 2 is 2.06 bits per heavy atom. The van der Waals surface area contributed by atoms with Crippen molar-refractivity contribution in [1.82, 2.24) is 14.6 Å². The number of methoxy groups -OCH3 is 1. The van der Waals surface area contributed by atoms with E-state index in [9.17, 15) is 4.79 Å². The van der Waals surface area contributed by atoms with Gasteiger partial charge in [-0.3, -0.25) is 10.1 Å². The molecule has 2 aromatic heterocycles. The van der Waals surface area contributed by atoms with Crippen molar-refractivity contribution in [3.05, 3.63) is 63.5 Å². The number of aromatic nitrogens is 3. The summed E-state index contributed by atoms with van der Waals surface area (Å²) in [5.41, 5.74) is 2.32. The molecule has 164 valence electrons. The van der Waals surface area contributed by atoms with Crippen LogP contribution >= 0.6 is 34.5 Å². The van der Waals surface area contributed by atoms with Gasteiger partial charge in [-0.25, -0.2) is 4.52 Å². The van der Waals surface area contributed by atoms with E-state index in [-0.39, 0.29) is 11.9 Å². The van der Waals surface area contributed by atoms with Crippen LogP contribution in [0, 0.1) is 0 Å². The van der Waals surface area contributed by atoms with E-state index in [0.717, 1.165) is 16.8 Å². The molecule has 1 amide bonds. The summed E-state index contributed by atoms with van der Waals surface area (Å²) < 4.78 is 12.5. The van der Waals surface area contributed by atoms with Gasteiger partial charge in [0.15, 0.2) is 11.5 Å². The second-order valence-electron chi connectivity index (χ2n) is 6.54. The summed E-state index contributed by atoms with van der Waals surface area (Å²) in [4.78, 5) is 17.4. The second-order valence-corrected chi connectivity index (χ2v) is 8.22. The molecule has 0 fully saturated rings. The number of benzene rings is 2. The normalized spacial score (nSPS) is 11.2. The maximum Gasteiger partial charge on any atom is 0.250 e. The first-order valence-electron chi connectivity index (χ1n) is 9.58. The van der Waals surface area contributed by atoms with Gasteiger partial charge in [-0.05, 0) is 48.9 Å². The number of ether oxygens (including phenoxy) is 2. The Balaban J connectivity index is 1.50. The third-order valence-corrected chi connectivity index (χ3v) is 5.80. The van der Waals surface area contributed by atoms with Gasteiger partial charge in [0.2, 0.25) is 4.96 Å². The minimum absolute atomic E-state index is 0.196. The van der Waals surface area contributed by atoms with Gasteiger partial charge in [0, 0.05) is 22.0 Å². The maximum atomic E-state index is 12.4. The first kappa shape index (κ1) is 22.1. The molecule has 32 heavy (non-hydrogen) atoms. The van der Waals surface area contributed by atoms with E-state index in [0.29, 0.717) is 33.1 Å². The van der Waals surface area contributed by atoms with Crippen molar-refractivity contribution in [1.29, 1.82) is 0 Å². The lowest BCUT2D eigenvalue weighted by Crippen LogP contribution is -2.09. The van der Waals surface area contributed by atoms with E-state index < -0.39 is 0 Å². The molecule has 0 saturated heterocycles. The summed E-state index contributed by atoms with van der Waals surface area (Å²) >= 11 is 13.7. The Labute approximate surface area is 198 Å². The number of anilines is 1. The molecule has 0 aliphatic rings. The van der Waals surface area contributed by atoms with Gasteiger partial charge in [0.05, 0.1) is 24.4 Å². The van der Waals surface area contributed by atoms with Crippen molar-refractivity contribution < 1.29 is 14.3 Å². The molecule has 0 atom stereocenters. The van der Waals surface area contributed by atoms with Crippen molar-refractivity contribution in [2.45, 2.75) is 6.92 Å². The fraction of sp³-hybridized carbons (Fsp3) is 0.136. The third-order valence-electron chi connectivity index (χ3n) is 4.44. The third kappa shape index (κ3) is 4.72. The van der Waals surface area contributed by atoms with Crippen LogP contribution in [-0.4, -0.2) is 34.2 Å². The maximum absolute atomic E-state index is 12.4. The molecule has 0 bridgehead atoms. The van der Waals surface area contributed by atoms with E-state index in [1.165, 1.54) is 17.4 Å². The molecule has 10 heteroatoms. The summed E-state index contributed by atoms with van der Waals surface area (Å²) in [5.74, 6) is 1.08. The molecule has 2 heterocycles. The van der Waals surface area contributed by atoms with Gasteiger partial charge < -0.3 is 9.47 Å². The number of fused-ring (bicyclic) bond motifs is 1. The van der Waals surface area contributed by atoms with Gasteiger partial charge in [-0.15, -0.1) is 16.4 Å². The van der Waals surface area contributed by atoms with E-state index in [1.807, 2.05) is 24.4 Å². The quantitative estimate of drug-likeness (QED) is 0.331. The lowest BCUT2D eigenvalue weighted by atomic mass is 10.2. The van der Waals surface area contributed by atoms with Gasteiger partial charge in [0.25, 0.3) is 11.9 Å². The zero-order valence-electron chi connectivity index (χ0n) is 17.1. The monoisotopic (exact) mass is 488 g/mol. The molecule has 0 spiro atoms. The highest BCUT2D eigenvalue weighted by Crippen LogP contribution is 2.33. The van der Waals surface area contributed by atoms with Crippen LogP contribution in [0.25, 0.3) is 22.3 Å². The van der Waals surface area contributed by atoms with Crippen LogP contribution in [0.2, 0.25) is 10.0 Å². The molecular formula is C22H18Cl2N4O3S. The predicted octanol–water partition coefficient (Wildman–Crippen LogP) is 5.82. The number of carbonyl (C=O) groups is 1. The largest absolute Gasteiger partial charge is 0.493 e. The molecule has 0 saturated carbocycles. The average molecular weight is 489 g/mol. The first-order valence-corrected chi connectivity index (χ1v) is 11.2. The molecule has 2 aromatic carbocycles. The number of hydrogen-bond acceptors (Lipinski definition) is 6.